The molecule has 0 bridgehead atoms. The second-order valence-electron chi connectivity index (χ2n) is 1.30. The molecule has 0 saturated carbocycles. The van der Waals surface area contributed by atoms with Crippen LogP contribution in [0.15, 0.2) is 12.7 Å². The van der Waals surface area contributed by atoms with Crippen LogP contribution in [-0.2, 0) is 0 Å². The van der Waals surface area contributed by atoms with Gasteiger partial charge in [0.25, 0.3) is 0 Å². The third kappa shape index (κ3) is 4.44. The third-order valence-corrected chi connectivity index (χ3v) is 0.752. The molecule has 0 unspecified atom stereocenters. The number of rotatable bonds is 1. The van der Waals surface area contributed by atoms with Crippen LogP contribution in [0.25, 0.3) is 0 Å². The van der Waals surface area contributed by atoms with Crippen molar-refractivity contribution in [3.05, 3.63) is 12.7 Å². The minimum absolute atomic E-state index is 0.306. The fraction of sp³-hybridized carbons (Fsp3) is 0.500. The molecule has 0 heterocycles. The molecule has 0 aliphatic carbocycles. The minimum atomic E-state index is -0.306. The summed E-state index contributed by atoms with van der Waals surface area (Å²) in [5, 5.41) is 0. The van der Waals surface area contributed by atoms with Gasteiger partial charge in [-0.3, -0.25) is 0 Å². The van der Waals surface area contributed by atoms with Crippen LogP contribution in [0.3, 0.4) is 0 Å². The second kappa shape index (κ2) is 1.94. The summed E-state index contributed by atoms with van der Waals surface area (Å²) in [6, 6.07) is 0. The molecule has 6 heavy (non-hydrogen) atoms. The predicted molar refractivity (Wildman–Crippen MR) is 36.6 cm³/mol. The van der Waals surface area contributed by atoms with Crippen molar-refractivity contribution in [1.82, 2.24) is 0 Å². The molecule has 0 radical (unpaired) electrons. The second-order valence-corrected chi connectivity index (χ2v) is 3.51. The van der Waals surface area contributed by atoms with E-state index >= 15 is 0 Å². The zero-order valence-electron chi connectivity index (χ0n) is 3.68. The van der Waals surface area contributed by atoms with E-state index in [0.717, 1.165) is 0 Å². The summed E-state index contributed by atoms with van der Waals surface area (Å²) in [5.41, 5.74) is 0. The van der Waals surface area contributed by atoms with Crippen LogP contribution in [-0.4, -0.2) is 4.08 Å². The first kappa shape index (κ1) is 6.44. The zero-order chi connectivity index (χ0) is 5.21. The maximum Gasteiger partial charge on any atom is 0.0702 e. The van der Waals surface area contributed by atoms with Gasteiger partial charge < -0.3 is 0 Å². The molecular weight excluding hydrogens is 112 g/mol. The van der Waals surface area contributed by atoms with Crippen molar-refractivity contribution in [2.75, 3.05) is 0 Å². The van der Waals surface area contributed by atoms with Gasteiger partial charge in [-0.05, 0) is 6.92 Å². The molecule has 0 aromatic carbocycles. The summed E-state index contributed by atoms with van der Waals surface area (Å²) < 4.78 is -0.306. The molecule has 0 aromatic heterocycles. The van der Waals surface area contributed by atoms with Gasteiger partial charge in [0.2, 0.25) is 0 Å². The maximum absolute atomic E-state index is 4.00. The maximum atomic E-state index is 4.00. The van der Waals surface area contributed by atoms with E-state index in [1.807, 2.05) is 6.92 Å². The molecule has 0 aliphatic heterocycles. The van der Waals surface area contributed by atoms with Crippen LogP contribution in [0, 0.1) is 0 Å². The molecule has 2 heteroatoms. The molecule has 0 nitrogen and oxygen atoms in total. The molecule has 0 spiro atoms. The first-order valence-electron chi connectivity index (χ1n) is 1.64. The highest BCUT2D eigenvalue weighted by molar-refractivity contribution is 8.00. The van der Waals surface area contributed by atoms with Gasteiger partial charge in [0.15, 0.2) is 0 Å². The highest BCUT2D eigenvalue weighted by Gasteiger charge is 2.02. The third-order valence-electron chi connectivity index (χ3n) is 0.387. The van der Waals surface area contributed by atoms with Gasteiger partial charge in [0.05, 0.1) is 4.08 Å². The van der Waals surface area contributed by atoms with Crippen molar-refractivity contribution >= 4 is 25.3 Å². The lowest BCUT2D eigenvalue weighted by molar-refractivity contribution is 1.19. The van der Waals surface area contributed by atoms with E-state index in [1.165, 1.54) is 0 Å². The summed E-state index contributed by atoms with van der Waals surface area (Å²) in [7, 11) is 0. The van der Waals surface area contributed by atoms with Gasteiger partial charge in [-0.15, -0.1) is 6.58 Å². The first-order chi connectivity index (χ1) is 2.56. The lowest BCUT2D eigenvalue weighted by atomic mass is 10.5. The van der Waals surface area contributed by atoms with Crippen LogP contribution in [0.1, 0.15) is 6.92 Å². The summed E-state index contributed by atoms with van der Waals surface area (Å²) in [5.74, 6) is 0. The topological polar surface area (TPSA) is 0 Å². The summed E-state index contributed by atoms with van der Waals surface area (Å²) in [6.07, 6.45) is 1.67. The standard InChI is InChI=1S/C4H8S2/c1-3-4(2,5)6/h3,5-6H,1H2,2H3. The monoisotopic (exact) mass is 120 g/mol. The Bertz CT molecular complexity index is 51.1. The van der Waals surface area contributed by atoms with Crippen molar-refractivity contribution in [2.24, 2.45) is 0 Å². The van der Waals surface area contributed by atoms with Crippen LogP contribution in [0.5, 0.6) is 0 Å². The Balaban J connectivity index is 3.45. The zero-order valence-corrected chi connectivity index (χ0v) is 5.47. The number of hydrogen-bond donors (Lipinski definition) is 2. The molecular formula is C4H8S2. The van der Waals surface area contributed by atoms with E-state index in [4.69, 9.17) is 0 Å². The molecule has 0 amide bonds. The molecule has 0 aliphatic rings. The molecule has 0 saturated heterocycles. The molecule has 0 rings (SSSR count). The normalized spacial score (nSPS) is 11.2. The van der Waals surface area contributed by atoms with E-state index in [2.05, 4.69) is 31.8 Å². The molecule has 0 fully saturated rings. The smallest absolute Gasteiger partial charge is 0.0702 e. The van der Waals surface area contributed by atoms with Crippen molar-refractivity contribution in [1.29, 1.82) is 0 Å². The summed E-state index contributed by atoms with van der Waals surface area (Å²) in [6.45, 7) is 5.33. The average Bonchev–Trinajstić information content (AvgIpc) is 1.35. The van der Waals surface area contributed by atoms with E-state index in [0.29, 0.717) is 0 Å². The molecule has 36 valence electrons. The van der Waals surface area contributed by atoms with Crippen molar-refractivity contribution < 1.29 is 0 Å². The van der Waals surface area contributed by atoms with Gasteiger partial charge in [0.1, 0.15) is 0 Å². The fourth-order valence-corrected chi connectivity index (χ4v) is 0. The Morgan fingerprint density at radius 2 is 1.83 bits per heavy atom. The minimum Gasteiger partial charge on any atom is -0.158 e. The highest BCUT2D eigenvalue weighted by Crippen LogP contribution is 2.17. The van der Waals surface area contributed by atoms with Gasteiger partial charge in [0, 0.05) is 0 Å². The summed E-state index contributed by atoms with van der Waals surface area (Å²) >= 11 is 8.00. The van der Waals surface area contributed by atoms with Gasteiger partial charge in [-0.2, -0.15) is 25.3 Å². The van der Waals surface area contributed by atoms with Crippen molar-refractivity contribution in [3.63, 3.8) is 0 Å². The Labute approximate surface area is 49.5 Å². The van der Waals surface area contributed by atoms with E-state index in [-0.39, 0.29) is 4.08 Å². The van der Waals surface area contributed by atoms with E-state index in [9.17, 15) is 0 Å². The lowest BCUT2D eigenvalue weighted by Crippen LogP contribution is -1.97. The van der Waals surface area contributed by atoms with Gasteiger partial charge in [-0.25, -0.2) is 0 Å². The largest absolute Gasteiger partial charge is 0.158 e. The molecule has 0 aromatic rings. The highest BCUT2D eigenvalue weighted by atomic mass is 32.2. The van der Waals surface area contributed by atoms with Gasteiger partial charge in [-0.1, -0.05) is 6.08 Å². The fourth-order valence-electron chi connectivity index (χ4n) is 0. The average molecular weight is 120 g/mol. The van der Waals surface area contributed by atoms with Gasteiger partial charge >= 0.3 is 0 Å². The number of hydrogen-bond acceptors (Lipinski definition) is 2. The van der Waals surface area contributed by atoms with E-state index < -0.39 is 0 Å². The van der Waals surface area contributed by atoms with Crippen molar-refractivity contribution in [2.45, 2.75) is 11.0 Å². The Morgan fingerprint density at radius 3 is 1.83 bits per heavy atom. The quantitative estimate of drug-likeness (QED) is 0.294. The molecule has 0 N–H and O–H groups in total. The SMILES string of the molecule is C=CC(C)(S)S. The Morgan fingerprint density at radius 1 is 1.67 bits per heavy atom. The van der Waals surface area contributed by atoms with Crippen LogP contribution in [0.2, 0.25) is 0 Å². The van der Waals surface area contributed by atoms with Crippen LogP contribution in [0.4, 0.5) is 0 Å². The van der Waals surface area contributed by atoms with Crippen molar-refractivity contribution in [3.8, 4) is 0 Å². The number of thiol groups is 2. The Kier molecular flexibility index (Phi) is 2.08. The Hall–Kier alpha value is 0.440. The predicted octanol–water partition coefficient (Wildman–Crippen LogP) is 1.75. The lowest BCUT2D eigenvalue weighted by Gasteiger charge is -2.05. The van der Waals surface area contributed by atoms with E-state index in [1.54, 1.807) is 6.08 Å². The van der Waals surface area contributed by atoms with Crippen LogP contribution < -0.4 is 0 Å². The first-order valence-corrected chi connectivity index (χ1v) is 2.54. The summed E-state index contributed by atoms with van der Waals surface area (Å²) in [4.78, 5) is 0. The molecule has 0 atom stereocenters. The van der Waals surface area contributed by atoms with Crippen LogP contribution >= 0.6 is 25.3 Å².